The number of nitrogens with one attached hydrogen (secondary N) is 3. The molecule has 14 nitrogen and oxygen atoms in total. The second kappa shape index (κ2) is 21.4. The number of amides is 2. The number of nitroso groups, excluding NO2 is 1. The molecule has 2 aliphatic rings. The molecule has 66 heavy (non-hydrogen) atoms. The number of benzene rings is 5. The first-order valence-corrected chi connectivity index (χ1v) is 23.8. The SMILES string of the molecule is CC(C(=O)Nc1ccc(C(F)(F)F)cc1)c1cc(O)cc(N2CCN(c3ccc(C(=O)NS(=O)(=O)c4ccc(N[C@H](CCN5CCOCC5)CSc5ccccc5)c(N=O)c4)cc3)CC2)c1. The average molecular weight is 946 g/mol. The van der Waals surface area contributed by atoms with Crippen LogP contribution < -0.4 is 25.2 Å². The van der Waals surface area contributed by atoms with Gasteiger partial charge in [0.1, 0.15) is 11.4 Å². The van der Waals surface area contributed by atoms with Gasteiger partial charge in [-0.15, -0.1) is 16.7 Å². The number of ether oxygens (including phenoxy) is 1. The van der Waals surface area contributed by atoms with Crippen LogP contribution in [0.1, 0.15) is 40.7 Å². The van der Waals surface area contributed by atoms with Gasteiger partial charge >= 0.3 is 6.18 Å². The van der Waals surface area contributed by atoms with Crippen molar-refractivity contribution in [1.82, 2.24) is 9.62 Å². The number of sulfonamides is 1. The van der Waals surface area contributed by atoms with Crippen LogP contribution in [0.5, 0.6) is 5.75 Å². The maximum absolute atomic E-state index is 13.4. The Morgan fingerprint density at radius 3 is 2.15 bits per heavy atom. The standard InChI is InChI=1S/C47H50F3N7O7S2/c1-32(45(59)52-36-11-9-35(10-12-36)47(48,49)50)34-27-39(29-40(58)28-34)57-21-19-56(20-22-57)38-13-7-33(8-14-38)46(60)54-66(62,63)42-15-16-43(44(30-42)53-61)51-37(17-18-55-23-25-64-26-24-55)31-65-41-5-3-2-4-6-41/h2-16,27-30,32,37,51,58H,17-26,31H2,1H3,(H,52,59)(H,54,60)/t32?,37-/m1/s1. The van der Waals surface area contributed by atoms with Gasteiger partial charge in [0.05, 0.1) is 35.3 Å². The van der Waals surface area contributed by atoms with Crippen LogP contribution in [-0.4, -0.2) is 101 Å². The highest BCUT2D eigenvalue weighted by atomic mass is 32.2. The first kappa shape index (κ1) is 47.8. The molecule has 4 N–H and O–H groups in total. The van der Waals surface area contributed by atoms with E-state index in [-0.39, 0.29) is 33.6 Å². The summed E-state index contributed by atoms with van der Waals surface area (Å²) in [5.74, 6) is -1.40. The second-order valence-electron chi connectivity index (χ2n) is 16.0. The maximum atomic E-state index is 13.4. The summed E-state index contributed by atoms with van der Waals surface area (Å²) in [6, 6.07) is 29.4. The summed E-state index contributed by atoms with van der Waals surface area (Å²) < 4.78 is 73.4. The van der Waals surface area contributed by atoms with E-state index in [0.29, 0.717) is 62.1 Å². The third-order valence-electron chi connectivity index (χ3n) is 11.5. The molecule has 1 unspecified atom stereocenters. The van der Waals surface area contributed by atoms with Crippen LogP contribution in [0.2, 0.25) is 0 Å². The van der Waals surface area contributed by atoms with E-state index in [0.717, 1.165) is 54.8 Å². The molecule has 2 saturated heterocycles. The summed E-state index contributed by atoms with van der Waals surface area (Å²) >= 11 is 1.67. The van der Waals surface area contributed by atoms with Crippen LogP contribution in [0.15, 0.2) is 130 Å². The number of anilines is 4. The van der Waals surface area contributed by atoms with Crippen molar-refractivity contribution >= 4 is 62.0 Å². The van der Waals surface area contributed by atoms with Crippen molar-refractivity contribution < 1.29 is 41.0 Å². The van der Waals surface area contributed by atoms with E-state index >= 15 is 0 Å². The number of phenolic OH excluding ortho intramolecular Hbond substituents is 1. The van der Waals surface area contributed by atoms with E-state index in [1.165, 1.54) is 42.5 Å². The van der Waals surface area contributed by atoms with Crippen molar-refractivity contribution in [2.75, 3.05) is 85.2 Å². The van der Waals surface area contributed by atoms with Gasteiger partial charge in [-0.2, -0.15) is 13.2 Å². The van der Waals surface area contributed by atoms with Crippen LogP contribution in [0.3, 0.4) is 0 Å². The number of halogens is 3. The fraction of sp³-hybridized carbons (Fsp3) is 0.319. The lowest BCUT2D eigenvalue weighted by Crippen LogP contribution is -2.46. The summed E-state index contributed by atoms with van der Waals surface area (Å²) in [5, 5.41) is 19.8. The predicted molar refractivity (Wildman–Crippen MR) is 250 cm³/mol. The minimum absolute atomic E-state index is 0.0434. The van der Waals surface area contributed by atoms with Crippen LogP contribution in [0.25, 0.3) is 0 Å². The van der Waals surface area contributed by atoms with Crippen molar-refractivity contribution in [2.45, 2.75) is 41.3 Å². The highest BCUT2D eigenvalue weighted by Crippen LogP contribution is 2.33. The van der Waals surface area contributed by atoms with Gasteiger partial charge in [0.2, 0.25) is 5.91 Å². The number of hydrogen-bond donors (Lipinski definition) is 4. The van der Waals surface area contributed by atoms with E-state index in [4.69, 9.17) is 4.74 Å². The normalized spacial score (nSPS) is 15.7. The first-order valence-electron chi connectivity index (χ1n) is 21.4. The molecule has 0 aliphatic carbocycles. The van der Waals surface area contributed by atoms with Crippen molar-refractivity contribution in [3.8, 4) is 5.75 Å². The number of alkyl halides is 3. The molecule has 2 aliphatic heterocycles. The fourth-order valence-corrected chi connectivity index (χ4v) is 9.64. The van der Waals surface area contributed by atoms with Gasteiger partial charge in [-0.1, -0.05) is 18.2 Å². The largest absolute Gasteiger partial charge is 0.508 e. The lowest BCUT2D eigenvalue weighted by atomic mass is 9.98. The predicted octanol–water partition coefficient (Wildman–Crippen LogP) is 8.29. The molecule has 0 spiro atoms. The van der Waals surface area contributed by atoms with Gasteiger partial charge in [0.25, 0.3) is 15.9 Å². The summed E-state index contributed by atoms with van der Waals surface area (Å²) in [4.78, 5) is 45.7. The molecule has 0 bridgehead atoms. The molecule has 19 heteroatoms. The third kappa shape index (κ3) is 12.6. The molecule has 2 fully saturated rings. The van der Waals surface area contributed by atoms with Gasteiger partial charge < -0.3 is 30.3 Å². The zero-order chi connectivity index (χ0) is 46.8. The second-order valence-corrected chi connectivity index (χ2v) is 18.8. The minimum Gasteiger partial charge on any atom is -0.508 e. The Kier molecular flexibility index (Phi) is 15.5. The number of morpholine rings is 1. The van der Waals surface area contributed by atoms with Gasteiger partial charge in [0.15, 0.2) is 0 Å². The molecular weight excluding hydrogens is 896 g/mol. The van der Waals surface area contributed by atoms with Crippen molar-refractivity contribution in [3.05, 3.63) is 137 Å². The summed E-state index contributed by atoms with van der Waals surface area (Å²) in [7, 11) is -4.40. The summed E-state index contributed by atoms with van der Waals surface area (Å²) in [5.41, 5.74) is 1.80. The fourth-order valence-electron chi connectivity index (χ4n) is 7.65. The molecule has 2 atom stereocenters. The molecular formula is C47H50F3N7O7S2. The molecule has 2 amide bonds. The summed E-state index contributed by atoms with van der Waals surface area (Å²) in [6.07, 6.45) is -3.74. The molecule has 5 aromatic rings. The van der Waals surface area contributed by atoms with Gasteiger partial charge in [-0.05, 0) is 115 Å². The van der Waals surface area contributed by atoms with Crippen LogP contribution in [-0.2, 0) is 25.7 Å². The van der Waals surface area contributed by atoms with E-state index in [1.54, 1.807) is 43.0 Å². The zero-order valence-electron chi connectivity index (χ0n) is 36.0. The quantitative estimate of drug-likeness (QED) is 0.0520. The number of nitrogens with zero attached hydrogens (tertiary/aromatic N) is 4. The lowest BCUT2D eigenvalue weighted by Gasteiger charge is -2.37. The first-order chi connectivity index (χ1) is 31.6. The van der Waals surface area contributed by atoms with Crippen molar-refractivity contribution in [2.24, 2.45) is 5.18 Å². The number of thioether (sulfide) groups is 1. The smallest absolute Gasteiger partial charge is 0.416 e. The Bertz CT molecular complexity index is 2580. The number of aromatic hydroxyl groups is 1. The molecule has 7 rings (SSSR count). The average Bonchev–Trinajstić information content (AvgIpc) is 3.32. The molecule has 0 aromatic heterocycles. The summed E-state index contributed by atoms with van der Waals surface area (Å²) in [6.45, 7) is 7.69. The van der Waals surface area contributed by atoms with Gasteiger partial charge in [-0.25, -0.2) is 13.1 Å². The van der Waals surface area contributed by atoms with E-state index in [1.807, 2.05) is 30.3 Å². The van der Waals surface area contributed by atoms with E-state index in [9.17, 15) is 41.2 Å². The Morgan fingerprint density at radius 1 is 0.833 bits per heavy atom. The molecule has 5 aromatic carbocycles. The van der Waals surface area contributed by atoms with Crippen molar-refractivity contribution in [1.29, 1.82) is 0 Å². The topological polar surface area (TPSA) is 173 Å². The van der Waals surface area contributed by atoms with E-state index < -0.39 is 39.5 Å². The van der Waals surface area contributed by atoms with Crippen LogP contribution >= 0.6 is 11.8 Å². The minimum atomic E-state index is -4.49. The Hall–Kier alpha value is -6.15. The lowest BCUT2D eigenvalue weighted by molar-refractivity contribution is -0.137. The number of phenols is 1. The highest BCUT2D eigenvalue weighted by Gasteiger charge is 2.30. The Labute approximate surface area is 385 Å². The van der Waals surface area contributed by atoms with Gasteiger partial charge in [0, 0.05) is 91.2 Å². The Balaban J connectivity index is 0.932. The number of piperazine rings is 1. The van der Waals surface area contributed by atoms with Gasteiger partial charge in [-0.3, -0.25) is 14.5 Å². The molecule has 2 heterocycles. The third-order valence-corrected chi connectivity index (χ3v) is 14.0. The molecule has 348 valence electrons. The van der Waals surface area contributed by atoms with E-state index in [2.05, 4.69) is 35.2 Å². The molecule has 0 radical (unpaired) electrons. The number of rotatable bonds is 17. The molecule has 0 saturated carbocycles. The zero-order valence-corrected chi connectivity index (χ0v) is 37.7. The Morgan fingerprint density at radius 2 is 1.50 bits per heavy atom. The van der Waals surface area contributed by atoms with Crippen molar-refractivity contribution in [3.63, 3.8) is 0 Å². The monoisotopic (exact) mass is 945 g/mol. The highest BCUT2D eigenvalue weighted by molar-refractivity contribution is 7.99. The van der Waals surface area contributed by atoms with Crippen LogP contribution in [0, 0.1) is 4.91 Å². The number of carbonyl (C=O) groups is 2. The number of carbonyl (C=O) groups excluding carboxylic acids is 2. The number of hydrogen-bond acceptors (Lipinski definition) is 13. The van der Waals surface area contributed by atoms with Crippen LogP contribution in [0.4, 0.5) is 41.6 Å². The maximum Gasteiger partial charge on any atom is 0.416 e.